The lowest BCUT2D eigenvalue weighted by molar-refractivity contribution is 0.798. The van der Waals surface area contributed by atoms with Crippen molar-refractivity contribution in [3.05, 3.63) is 51.5 Å². The van der Waals surface area contributed by atoms with E-state index < -0.39 is 0 Å². The predicted octanol–water partition coefficient (Wildman–Crippen LogP) is 3.31. The molecule has 0 aliphatic carbocycles. The molecule has 0 unspecified atom stereocenters. The van der Waals surface area contributed by atoms with Crippen LogP contribution in [0.3, 0.4) is 0 Å². The molecule has 2 aromatic heterocycles. The number of hydrogen-bond acceptors (Lipinski definition) is 3. The molecule has 0 fully saturated rings. The smallest absolute Gasteiger partial charge is 0.191 e. The van der Waals surface area contributed by atoms with Crippen molar-refractivity contribution in [1.82, 2.24) is 15.6 Å². The van der Waals surface area contributed by atoms with Crippen LogP contribution in [0.2, 0.25) is 0 Å². The molecule has 0 aliphatic rings. The zero-order valence-corrected chi connectivity index (χ0v) is 15.0. The van der Waals surface area contributed by atoms with Crippen LogP contribution < -0.4 is 10.6 Å². The molecule has 0 spiro atoms. The van der Waals surface area contributed by atoms with Crippen LogP contribution in [0.4, 0.5) is 0 Å². The fourth-order valence-electron chi connectivity index (χ4n) is 2.17. The van der Waals surface area contributed by atoms with Gasteiger partial charge >= 0.3 is 0 Å². The normalized spacial score (nSPS) is 11.5. The largest absolute Gasteiger partial charge is 0.357 e. The number of guanidine groups is 1. The summed E-state index contributed by atoms with van der Waals surface area (Å²) >= 11 is 1.84. The van der Waals surface area contributed by atoms with Gasteiger partial charge in [-0.3, -0.25) is 4.98 Å². The SMILES string of the molecule is CCNC(=NCc1ccc(CC)s1)NCCc1ccc(C)nc1. The summed E-state index contributed by atoms with van der Waals surface area (Å²) in [7, 11) is 0. The van der Waals surface area contributed by atoms with E-state index in [2.05, 4.69) is 58.7 Å². The van der Waals surface area contributed by atoms with E-state index in [1.165, 1.54) is 15.3 Å². The molecule has 2 heterocycles. The highest BCUT2D eigenvalue weighted by Crippen LogP contribution is 2.17. The first-order chi connectivity index (χ1) is 11.2. The molecular formula is C18H26N4S. The average molecular weight is 331 g/mol. The Morgan fingerprint density at radius 2 is 1.96 bits per heavy atom. The van der Waals surface area contributed by atoms with E-state index in [1.54, 1.807) is 0 Å². The maximum atomic E-state index is 4.67. The number of pyridine rings is 1. The summed E-state index contributed by atoms with van der Waals surface area (Å²) in [6, 6.07) is 8.55. The van der Waals surface area contributed by atoms with Crippen LogP contribution in [-0.2, 0) is 19.4 Å². The lowest BCUT2D eigenvalue weighted by atomic mass is 10.2. The Bertz CT molecular complexity index is 616. The summed E-state index contributed by atoms with van der Waals surface area (Å²) in [6.45, 7) is 8.72. The lowest BCUT2D eigenvalue weighted by Crippen LogP contribution is -2.38. The van der Waals surface area contributed by atoms with E-state index in [4.69, 9.17) is 0 Å². The number of thiophene rings is 1. The summed E-state index contributed by atoms with van der Waals surface area (Å²) < 4.78 is 0. The number of hydrogen-bond donors (Lipinski definition) is 2. The molecule has 0 saturated carbocycles. The van der Waals surface area contributed by atoms with Gasteiger partial charge in [0.1, 0.15) is 0 Å². The Hall–Kier alpha value is -1.88. The molecule has 23 heavy (non-hydrogen) atoms. The summed E-state index contributed by atoms with van der Waals surface area (Å²) in [4.78, 5) is 11.7. The summed E-state index contributed by atoms with van der Waals surface area (Å²) in [5.41, 5.74) is 2.30. The third-order valence-electron chi connectivity index (χ3n) is 3.48. The van der Waals surface area contributed by atoms with E-state index in [0.717, 1.165) is 44.1 Å². The molecule has 0 radical (unpaired) electrons. The van der Waals surface area contributed by atoms with Gasteiger partial charge in [-0.1, -0.05) is 13.0 Å². The first-order valence-corrected chi connectivity index (χ1v) is 9.04. The molecule has 2 rings (SSSR count). The second-order valence-electron chi connectivity index (χ2n) is 5.40. The van der Waals surface area contributed by atoms with Crippen molar-refractivity contribution in [2.45, 2.75) is 40.2 Å². The Balaban J connectivity index is 1.84. The minimum absolute atomic E-state index is 0.728. The van der Waals surface area contributed by atoms with Gasteiger partial charge in [0.25, 0.3) is 0 Å². The van der Waals surface area contributed by atoms with E-state index in [1.807, 2.05) is 24.5 Å². The Labute approximate surface area is 143 Å². The van der Waals surface area contributed by atoms with Crippen molar-refractivity contribution in [2.24, 2.45) is 4.99 Å². The number of rotatable bonds is 7. The zero-order chi connectivity index (χ0) is 16.5. The van der Waals surface area contributed by atoms with Crippen molar-refractivity contribution in [1.29, 1.82) is 0 Å². The first-order valence-electron chi connectivity index (χ1n) is 8.22. The molecule has 0 atom stereocenters. The first kappa shape index (κ1) is 17.5. The molecule has 5 heteroatoms. The molecular weight excluding hydrogens is 304 g/mol. The molecule has 4 nitrogen and oxygen atoms in total. The maximum absolute atomic E-state index is 4.67. The van der Waals surface area contributed by atoms with Crippen molar-refractivity contribution < 1.29 is 0 Å². The Morgan fingerprint density at radius 1 is 1.13 bits per heavy atom. The van der Waals surface area contributed by atoms with Crippen molar-refractivity contribution >= 4 is 17.3 Å². The van der Waals surface area contributed by atoms with E-state index in [-0.39, 0.29) is 0 Å². The molecule has 124 valence electrons. The number of nitrogens with one attached hydrogen (secondary N) is 2. The van der Waals surface area contributed by atoms with E-state index in [0.29, 0.717) is 0 Å². The highest BCUT2D eigenvalue weighted by molar-refractivity contribution is 7.11. The molecule has 0 saturated heterocycles. The maximum Gasteiger partial charge on any atom is 0.191 e. The summed E-state index contributed by atoms with van der Waals surface area (Å²) in [5, 5.41) is 6.69. The number of aryl methyl sites for hydroxylation is 2. The third kappa shape index (κ3) is 6.02. The van der Waals surface area contributed by atoms with E-state index in [9.17, 15) is 0 Å². The Morgan fingerprint density at radius 3 is 2.61 bits per heavy atom. The van der Waals surface area contributed by atoms with Gasteiger partial charge in [-0.2, -0.15) is 0 Å². The number of aromatic nitrogens is 1. The topological polar surface area (TPSA) is 49.3 Å². The monoisotopic (exact) mass is 330 g/mol. The highest BCUT2D eigenvalue weighted by atomic mass is 32.1. The van der Waals surface area contributed by atoms with Crippen molar-refractivity contribution in [3.63, 3.8) is 0 Å². The van der Waals surface area contributed by atoms with Crippen LogP contribution in [0.5, 0.6) is 0 Å². The lowest BCUT2D eigenvalue weighted by Gasteiger charge is -2.11. The molecule has 2 N–H and O–H groups in total. The summed E-state index contributed by atoms with van der Waals surface area (Å²) in [5.74, 6) is 0.874. The quantitative estimate of drug-likeness (QED) is 0.605. The third-order valence-corrected chi connectivity index (χ3v) is 4.70. The van der Waals surface area contributed by atoms with Gasteiger partial charge in [0.05, 0.1) is 6.54 Å². The molecule has 0 amide bonds. The molecule has 2 aromatic rings. The van der Waals surface area contributed by atoms with Gasteiger partial charge < -0.3 is 10.6 Å². The van der Waals surface area contributed by atoms with Crippen LogP contribution in [0.15, 0.2) is 35.5 Å². The predicted molar refractivity (Wildman–Crippen MR) is 99.2 cm³/mol. The minimum atomic E-state index is 0.728. The second kappa shape index (κ2) is 9.30. The van der Waals surface area contributed by atoms with Crippen LogP contribution in [0.25, 0.3) is 0 Å². The van der Waals surface area contributed by atoms with Crippen LogP contribution >= 0.6 is 11.3 Å². The Kier molecular flexibility index (Phi) is 7.07. The number of nitrogens with zero attached hydrogens (tertiary/aromatic N) is 2. The van der Waals surface area contributed by atoms with E-state index >= 15 is 0 Å². The van der Waals surface area contributed by atoms with Crippen LogP contribution in [0, 0.1) is 6.92 Å². The highest BCUT2D eigenvalue weighted by Gasteiger charge is 2.01. The standard InChI is InChI=1S/C18H26N4S/c1-4-16-8-9-17(23-16)13-22-18(19-5-2)20-11-10-15-7-6-14(3)21-12-15/h6-9,12H,4-5,10-11,13H2,1-3H3,(H2,19,20,22). The van der Waals surface area contributed by atoms with Gasteiger partial charge in [-0.15, -0.1) is 11.3 Å². The van der Waals surface area contributed by atoms with Gasteiger partial charge in [0.2, 0.25) is 0 Å². The fraction of sp³-hybridized carbons (Fsp3) is 0.444. The van der Waals surface area contributed by atoms with Gasteiger partial charge in [-0.25, -0.2) is 4.99 Å². The van der Waals surface area contributed by atoms with Gasteiger partial charge in [0.15, 0.2) is 5.96 Å². The average Bonchev–Trinajstić information content (AvgIpc) is 3.02. The van der Waals surface area contributed by atoms with Gasteiger partial charge in [-0.05, 0) is 50.5 Å². The fourth-order valence-corrected chi connectivity index (χ4v) is 3.05. The molecule has 0 aromatic carbocycles. The second-order valence-corrected chi connectivity index (χ2v) is 6.65. The number of aliphatic imine (C=N–C) groups is 1. The van der Waals surface area contributed by atoms with Crippen LogP contribution in [-0.4, -0.2) is 24.0 Å². The zero-order valence-electron chi connectivity index (χ0n) is 14.2. The molecule has 0 bridgehead atoms. The summed E-state index contributed by atoms with van der Waals surface area (Å²) in [6.07, 6.45) is 3.98. The minimum Gasteiger partial charge on any atom is -0.357 e. The van der Waals surface area contributed by atoms with Crippen molar-refractivity contribution in [3.8, 4) is 0 Å². The van der Waals surface area contributed by atoms with Crippen molar-refractivity contribution in [2.75, 3.05) is 13.1 Å². The van der Waals surface area contributed by atoms with Gasteiger partial charge in [0, 0.05) is 34.7 Å². The molecule has 0 aliphatic heterocycles. The van der Waals surface area contributed by atoms with Crippen LogP contribution in [0.1, 0.15) is 34.9 Å².